The summed E-state index contributed by atoms with van der Waals surface area (Å²) in [6, 6.07) is 5.95. The molecule has 1 heterocycles. The second-order valence-corrected chi connectivity index (χ2v) is 6.19. The summed E-state index contributed by atoms with van der Waals surface area (Å²) in [7, 11) is 0. The molecule has 3 rings (SSSR count). The lowest BCUT2D eigenvalue weighted by Crippen LogP contribution is -2.47. The first-order valence-corrected chi connectivity index (χ1v) is 7.98. The van der Waals surface area contributed by atoms with Crippen molar-refractivity contribution in [2.24, 2.45) is 0 Å². The fourth-order valence-corrected chi connectivity index (χ4v) is 3.36. The summed E-state index contributed by atoms with van der Waals surface area (Å²) < 4.78 is 13.0. The van der Waals surface area contributed by atoms with Crippen molar-refractivity contribution in [2.75, 3.05) is 0 Å². The van der Waals surface area contributed by atoms with E-state index in [1.807, 2.05) is 0 Å². The van der Waals surface area contributed by atoms with Crippen molar-refractivity contribution in [3.63, 3.8) is 0 Å². The number of nitrogens with zero attached hydrogens (tertiary/aromatic N) is 1. The smallest absolute Gasteiger partial charge is 0.243 e. The van der Waals surface area contributed by atoms with E-state index in [4.69, 9.17) is 0 Å². The van der Waals surface area contributed by atoms with Crippen molar-refractivity contribution in [3.8, 4) is 0 Å². The molecule has 1 saturated carbocycles. The standard InChI is InChI=1S/C17H21FN2O2/c18-13-7-5-12(6-8-13)11-20-15(9-10-16(20)21)17(22)19-14-3-1-2-4-14/h5-8,14-15H,1-4,9-11H2,(H,19,22)/t15-/m1/s1. The Hall–Kier alpha value is -1.91. The van der Waals surface area contributed by atoms with Crippen molar-refractivity contribution < 1.29 is 14.0 Å². The fourth-order valence-electron chi connectivity index (χ4n) is 3.36. The van der Waals surface area contributed by atoms with E-state index in [1.54, 1.807) is 17.0 Å². The van der Waals surface area contributed by atoms with Crippen molar-refractivity contribution >= 4 is 11.8 Å². The van der Waals surface area contributed by atoms with Crippen molar-refractivity contribution in [1.29, 1.82) is 0 Å². The largest absolute Gasteiger partial charge is 0.352 e. The summed E-state index contributed by atoms with van der Waals surface area (Å²) in [6.07, 6.45) is 5.36. The molecule has 4 nitrogen and oxygen atoms in total. The quantitative estimate of drug-likeness (QED) is 0.928. The number of rotatable bonds is 4. The highest BCUT2D eigenvalue weighted by Crippen LogP contribution is 2.23. The number of hydrogen-bond acceptors (Lipinski definition) is 2. The second kappa shape index (κ2) is 6.46. The van der Waals surface area contributed by atoms with Crippen molar-refractivity contribution in [1.82, 2.24) is 10.2 Å². The number of likely N-dealkylation sites (tertiary alicyclic amines) is 1. The number of halogens is 1. The number of carbonyl (C=O) groups excluding carboxylic acids is 2. The van der Waals surface area contributed by atoms with Gasteiger partial charge in [0.1, 0.15) is 11.9 Å². The van der Waals surface area contributed by atoms with E-state index in [9.17, 15) is 14.0 Å². The molecule has 2 aliphatic rings. The third kappa shape index (κ3) is 3.29. The van der Waals surface area contributed by atoms with E-state index >= 15 is 0 Å². The van der Waals surface area contributed by atoms with Gasteiger partial charge in [0.25, 0.3) is 0 Å². The van der Waals surface area contributed by atoms with Gasteiger partial charge in [-0.05, 0) is 37.0 Å². The van der Waals surface area contributed by atoms with Gasteiger partial charge < -0.3 is 10.2 Å². The molecule has 0 bridgehead atoms. The Bertz CT molecular complexity index is 552. The molecule has 1 N–H and O–H groups in total. The van der Waals surface area contributed by atoms with E-state index in [1.165, 1.54) is 12.1 Å². The molecule has 1 aromatic rings. The second-order valence-electron chi connectivity index (χ2n) is 6.19. The predicted molar refractivity (Wildman–Crippen MR) is 80.4 cm³/mol. The maximum atomic E-state index is 13.0. The first-order chi connectivity index (χ1) is 10.6. The van der Waals surface area contributed by atoms with Crippen LogP contribution in [0.2, 0.25) is 0 Å². The molecule has 1 aliphatic heterocycles. The molecule has 1 atom stereocenters. The van der Waals surface area contributed by atoms with Crippen LogP contribution in [-0.4, -0.2) is 28.8 Å². The van der Waals surface area contributed by atoms with Crippen LogP contribution in [0.25, 0.3) is 0 Å². The highest BCUT2D eigenvalue weighted by molar-refractivity contribution is 5.91. The zero-order chi connectivity index (χ0) is 15.5. The van der Waals surface area contributed by atoms with E-state index in [2.05, 4.69) is 5.32 Å². The maximum absolute atomic E-state index is 13.0. The van der Waals surface area contributed by atoms with Gasteiger partial charge in [0.15, 0.2) is 0 Å². The van der Waals surface area contributed by atoms with Gasteiger partial charge >= 0.3 is 0 Å². The Morgan fingerprint density at radius 2 is 1.86 bits per heavy atom. The molecule has 1 aliphatic carbocycles. The molecule has 0 spiro atoms. The molecule has 0 unspecified atom stereocenters. The molecular weight excluding hydrogens is 283 g/mol. The van der Waals surface area contributed by atoms with Crippen LogP contribution >= 0.6 is 0 Å². The Kier molecular flexibility index (Phi) is 4.41. The topological polar surface area (TPSA) is 49.4 Å². The van der Waals surface area contributed by atoms with E-state index in [0.717, 1.165) is 31.2 Å². The third-order valence-corrected chi connectivity index (χ3v) is 4.60. The first-order valence-electron chi connectivity index (χ1n) is 7.98. The van der Waals surface area contributed by atoms with Crippen LogP contribution < -0.4 is 5.32 Å². The lowest BCUT2D eigenvalue weighted by molar-refractivity contribution is -0.136. The average molecular weight is 304 g/mol. The third-order valence-electron chi connectivity index (χ3n) is 4.60. The van der Waals surface area contributed by atoms with E-state index < -0.39 is 6.04 Å². The minimum atomic E-state index is -0.391. The summed E-state index contributed by atoms with van der Waals surface area (Å²) in [6.45, 7) is 0.363. The van der Waals surface area contributed by atoms with Crippen LogP contribution in [0.1, 0.15) is 44.1 Å². The van der Waals surface area contributed by atoms with Crippen LogP contribution in [0, 0.1) is 5.82 Å². The van der Waals surface area contributed by atoms with Gasteiger partial charge in [-0.25, -0.2) is 4.39 Å². The normalized spacial score (nSPS) is 22.3. The number of amides is 2. The summed E-state index contributed by atoms with van der Waals surface area (Å²) in [4.78, 5) is 26.1. The SMILES string of the molecule is O=C(NC1CCCC1)[C@H]1CCC(=O)N1Cc1ccc(F)cc1. The Morgan fingerprint density at radius 1 is 1.18 bits per heavy atom. The monoisotopic (exact) mass is 304 g/mol. The number of hydrogen-bond donors (Lipinski definition) is 1. The van der Waals surface area contributed by atoms with Gasteiger partial charge in [-0.15, -0.1) is 0 Å². The molecule has 5 heteroatoms. The number of carbonyl (C=O) groups is 2. The van der Waals surface area contributed by atoms with E-state index in [-0.39, 0.29) is 23.7 Å². The zero-order valence-electron chi connectivity index (χ0n) is 12.6. The van der Waals surface area contributed by atoms with Gasteiger partial charge in [0.05, 0.1) is 0 Å². The van der Waals surface area contributed by atoms with E-state index in [0.29, 0.717) is 19.4 Å². The summed E-state index contributed by atoms with van der Waals surface area (Å²) in [5.41, 5.74) is 0.843. The minimum absolute atomic E-state index is 0.00380. The maximum Gasteiger partial charge on any atom is 0.243 e. The summed E-state index contributed by atoms with van der Waals surface area (Å²) >= 11 is 0. The first kappa shape index (κ1) is 15.0. The summed E-state index contributed by atoms with van der Waals surface area (Å²) in [5, 5.41) is 3.07. The highest BCUT2D eigenvalue weighted by atomic mass is 19.1. The minimum Gasteiger partial charge on any atom is -0.352 e. The van der Waals surface area contributed by atoms with Crippen LogP contribution in [0.4, 0.5) is 4.39 Å². The van der Waals surface area contributed by atoms with Gasteiger partial charge in [-0.1, -0.05) is 25.0 Å². The molecule has 22 heavy (non-hydrogen) atoms. The molecule has 1 saturated heterocycles. The lowest BCUT2D eigenvalue weighted by atomic mass is 10.1. The molecule has 1 aromatic carbocycles. The fraction of sp³-hybridized carbons (Fsp3) is 0.529. The van der Waals surface area contributed by atoms with Gasteiger partial charge in [0.2, 0.25) is 11.8 Å². The van der Waals surface area contributed by atoms with Gasteiger partial charge in [0, 0.05) is 19.0 Å². The van der Waals surface area contributed by atoms with Crippen LogP contribution in [0.3, 0.4) is 0 Å². The van der Waals surface area contributed by atoms with Gasteiger partial charge in [-0.2, -0.15) is 0 Å². The van der Waals surface area contributed by atoms with Crippen LogP contribution in [-0.2, 0) is 16.1 Å². The predicted octanol–water partition coefficient (Wildman–Crippen LogP) is 2.38. The molecule has 118 valence electrons. The van der Waals surface area contributed by atoms with Gasteiger partial charge in [-0.3, -0.25) is 9.59 Å². The Balaban J connectivity index is 1.66. The highest BCUT2D eigenvalue weighted by Gasteiger charge is 2.36. The van der Waals surface area contributed by atoms with Crippen molar-refractivity contribution in [2.45, 2.75) is 57.2 Å². The number of benzene rings is 1. The average Bonchev–Trinajstić information content (AvgIpc) is 3.12. The zero-order valence-corrected chi connectivity index (χ0v) is 12.6. The molecular formula is C17H21FN2O2. The van der Waals surface area contributed by atoms with Crippen LogP contribution in [0.5, 0.6) is 0 Å². The Labute approximate surface area is 129 Å². The lowest BCUT2D eigenvalue weighted by Gasteiger charge is -2.25. The van der Waals surface area contributed by atoms with Crippen molar-refractivity contribution in [3.05, 3.63) is 35.6 Å². The molecule has 0 radical (unpaired) electrons. The Morgan fingerprint density at radius 3 is 2.55 bits per heavy atom. The molecule has 2 fully saturated rings. The molecule has 0 aromatic heterocycles. The molecule has 2 amide bonds. The summed E-state index contributed by atoms with van der Waals surface area (Å²) in [5.74, 6) is -0.345. The van der Waals surface area contributed by atoms with Crippen LogP contribution in [0.15, 0.2) is 24.3 Å². The number of nitrogens with one attached hydrogen (secondary N) is 1.